The van der Waals surface area contributed by atoms with Crippen LogP contribution in [0.2, 0.25) is 0 Å². The number of benzene rings is 1. The third kappa shape index (κ3) is 4.02. The lowest BCUT2D eigenvalue weighted by Gasteiger charge is -2.28. The molecule has 0 saturated heterocycles. The van der Waals surface area contributed by atoms with E-state index in [9.17, 15) is 8.78 Å². The summed E-state index contributed by atoms with van der Waals surface area (Å²) in [5, 5.41) is 0. The topological polar surface area (TPSA) is 0 Å². The molecule has 102 valence electrons. The third-order valence-electron chi connectivity index (χ3n) is 4.03. The summed E-state index contributed by atoms with van der Waals surface area (Å²) in [6.07, 6.45) is 7.29. The average molecular weight is 262 g/mol. The maximum Gasteiger partial charge on any atom is 0.270 e. The van der Waals surface area contributed by atoms with Crippen LogP contribution >= 0.6 is 0 Å². The molecule has 0 N–H and O–H groups in total. The number of hydrogen-bond donors (Lipinski definition) is 0. The average Bonchev–Trinajstić information content (AvgIpc) is 2.40. The second-order valence-corrected chi connectivity index (χ2v) is 5.34. The molecule has 2 rings (SSSR count). The second-order valence-electron chi connectivity index (χ2n) is 5.34. The number of rotatable bonds is 4. The molecule has 0 nitrogen and oxygen atoms in total. The van der Waals surface area contributed by atoms with E-state index in [1.165, 1.54) is 31.2 Å². The summed E-state index contributed by atoms with van der Waals surface area (Å²) in [6.45, 7) is 3.80. The summed E-state index contributed by atoms with van der Waals surface area (Å²) in [4.78, 5) is 0. The molecule has 0 spiro atoms. The Labute approximate surface area is 113 Å². The van der Waals surface area contributed by atoms with Crippen LogP contribution in [0.1, 0.15) is 49.1 Å². The van der Waals surface area contributed by atoms with E-state index in [0.29, 0.717) is 11.5 Å². The molecule has 0 amide bonds. The van der Waals surface area contributed by atoms with E-state index in [4.69, 9.17) is 0 Å². The van der Waals surface area contributed by atoms with Crippen LogP contribution in [-0.4, -0.2) is 0 Å². The Balaban J connectivity index is 1.96. The van der Waals surface area contributed by atoms with Gasteiger partial charge < -0.3 is 0 Å². The van der Waals surface area contributed by atoms with Gasteiger partial charge in [-0.3, -0.25) is 0 Å². The molecule has 0 aromatic heterocycles. The maximum atomic E-state index is 12.1. The molecule has 0 atom stereocenters. The van der Waals surface area contributed by atoms with Crippen molar-refractivity contribution >= 4 is 6.08 Å². The molecule has 1 fully saturated rings. The van der Waals surface area contributed by atoms with Crippen LogP contribution in [0, 0.1) is 5.92 Å². The molecule has 0 bridgehead atoms. The first-order valence-corrected chi connectivity index (χ1v) is 6.92. The summed E-state index contributed by atoms with van der Waals surface area (Å²) >= 11 is 0. The minimum Gasteiger partial charge on any atom is -0.173 e. The predicted octanol–water partition coefficient (Wildman–Crippen LogP) is 5.77. The highest BCUT2D eigenvalue weighted by molar-refractivity contribution is 5.50. The van der Waals surface area contributed by atoms with Crippen molar-refractivity contribution in [1.29, 1.82) is 0 Å². The maximum absolute atomic E-state index is 12.1. The Hall–Kier alpha value is -1.44. The first-order valence-electron chi connectivity index (χ1n) is 6.92. The molecular formula is C17H20F2. The quantitative estimate of drug-likeness (QED) is 0.604. The Kier molecular flexibility index (Phi) is 4.89. The zero-order valence-corrected chi connectivity index (χ0v) is 11.1. The molecule has 1 saturated carbocycles. The van der Waals surface area contributed by atoms with Crippen molar-refractivity contribution in [3.63, 3.8) is 0 Å². The van der Waals surface area contributed by atoms with Gasteiger partial charge in [-0.05, 0) is 55.1 Å². The molecule has 19 heavy (non-hydrogen) atoms. The first-order chi connectivity index (χ1) is 9.19. The SMILES string of the molecule is C=CCC1CCC(c2ccc(C=C(F)F)cc2)CC1. The molecular weight excluding hydrogens is 242 g/mol. The summed E-state index contributed by atoms with van der Waals surface area (Å²) < 4.78 is 24.3. The standard InChI is InChI=1S/C17H20F2/c1-2-3-13-4-8-15(9-5-13)16-10-6-14(7-11-16)12-17(18)19/h2,6-7,10-13,15H,1,3-5,8-9H2. The van der Waals surface area contributed by atoms with E-state index < -0.39 is 6.08 Å². The minimum atomic E-state index is -1.64. The third-order valence-corrected chi connectivity index (χ3v) is 4.03. The van der Waals surface area contributed by atoms with Crippen molar-refractivity contribution < 1.29 is 8.78 Å². The number of hydrogen-bond acceptors (Lipinski definition) is 0. The molecule has 0 unspecified atom stereocenters. The van der Waals surface area contributed by atoms with Crippen molar-refractivity contribution in [1.82, 2.24) is 0 Å². The largest absolute Gasteiger partial charge is 0.270 e. The Morgan fingerprint density at radius 1 is 1.11 bits per heavy atom. The number of halogens is 2. The van der Waals surface area contributed by atoms with Gasteiger partial charge in [-0.2, -0.15) is 8.78 Å². The zero-order valence-electron chi connectivity index (χ0n) is 11.1. The fraction of sp³-hybridized carbons (Fsp3) is 0.412. The van der Waals surface area contributed by atoms with Crippen molar-refractivity contribution in [3.05, 3.63) is 54.1 Å². The molecule has 1 aliphatic carbocycles. The fourth-order valence-corrected chi connectivity index (χ4v) is 2.96. The van der Waals surface area contributed by atoms with Gasteiger partial charge in [-0.25, -0.2) is 0 Å². The van der Waals surface area contributed by atoms with Crippen molar-refractivity contribution in [2.45, 2.75) is 38.0 Å². The van der Waals surface area contributed by atoms with Gasteiger partial charge in [0.05, 0.1) is 0 Å². The van der Waals surface area contributed by atoms with E-state index in [0.717, 1.165) is 18.4 Å². The van der Waals surface area contributed by atoms with Gasteiger partial charge in [-0.15, -0.1) is 6.58 Å². The summed E-state index contributed by atoms with van der Waals surface area (Å²) in [7, 11) is 0. The molecule has 2 heteroatoms. The monoisotopic (exact) mass is 262 g/mol. The van der Waals surface area contributed by atoms with Gasteiger partial charge in [0.2, 0.25) is 0 Å². The summed E-state index contributed by atoms with van der Waals surface area (Å²) in [6, 6.07) is 7.55. The lowest BCUT2D eigenvalue weighted by Crippen LogP contribution is -2.12. The van der Waals surface area contributed by atoms with Gasteiger partial charge in [-0.1, -0.05) is 30.3 Å². The van der Waals surface area contributed by atoms with Gasteiger partial charge in [0.15, 0.2) is 0 Å². The van der Waals surface area contributed by atoms with Crippen LogP contribution in [0.25, 0.3) is 6.08 Å². The van der Waals surface area contributed by atoms with Gasteiger partial charge in [0.25, 0.3) is 6.08 Å². The van der Waals surface area contributed by atoms with E-state index in [1.54, 1.807) is 12.1 Å². The molecule has 0 heterocycles. The van der Waals surface area contributed by atoms with Crippen LogP contribution in [0.5, 0.6) is 0 Å². The van der Waals surface area contributed by atoms with E-state index in [1.807, 2.05) is 18.2 Å². The lowest BCUT2D eigenvalue weighted by atomic mass is 9.77. The van der Waals surface area contributed by atoms with Crippen LogP contribution < -0.4 is 0 Å². The predicted molar refractivity (Wildman–Crippen MR) is 76.1 cm³/mol. The summed E-state index contributed by atoms with van der Waals surface area (Å²) in [5.74, 6) is 1.38. The number of allylic oxidation sites excluding steroid dienone is 1. The van der Waals surface area contributed by atoms with Crippen LogP contribution in [0.4, 0.5) is 8.78 Å². The van der Waals surface area contributed by atoms with Crippen molar-refractivity contribution in [2.24, 2.45) is 5.92 Å². The van der Waals surface area contributed by atoms with E-state index in [-0.39, 0.29) is 0 Å². The molecule has 1 aromatic rings. The van der Waals surface area contributed by atoms with Gasteiger partial charge >= 0.3 is 0 Å². The highest BCUT2D eigenvalue weighted by Crippen LogP contribution is 2.37. The Bertz CT molecular complexity index is 433. The van der Waals surface area contributed by atoms with Crippen LogP contribution in [0.3, 0.4) is 0 Å². The van der Waals surface area contributed by atoms with Gasteiger partial charge in [0.1, 0.15) is 0 Å². The van der Waals surface area contributed by atoms with Crippen molar-refractivity contribution in [2.75, 3.05) is 0 Å². The summed E-state index contributed by atoms with van der Waals surface area (Å²) in [5.41, 5.74) is 1.86. The van der Waals surface area contributed by atoms with Gasteiger partial charge in [0, 0.05) is 6.08 Å². The molecule has 1 aromatic carbocycles. The zero-order chi connectivity index (χ0) is 13.7. The second kappa shape index (κ2) is 6.65. The van der Waals surface area contributed by atoms with E-state index >= 15 is 0 Å². The Morgan fingerprint density at radius 2 is 1.74 bits per heavy atom. The smallest absolute Gasteiger partial charge is 0.173 e. The fourth-order valence-electron chi connectivity index (χ4n) is 2.96. The highest BCUT2D eigenvalue weighted by Gasteiger charge is 2.21. The molecule has 1 aliphatic rings. The normalized spacial score (nSPS) is 22.8. The minimum absolute atomic E-state index is 0.573. The van der Waals surface area contributed by atoms with Crippen LogP contribution in [0.15, 0.2) is 43.0 Å². The first kappa shape index (κ1) is 14.0. The highest BCUT2D eigenvalue weighted by atomic mass is 19.3. The molecule has 0 aliphatic heterocycles. The molecule has 0 radical (unpaired) electrons. The Morgan fingerprint density at radius 3 is 2.26 bits per heavy atom. The van der Waals surface area contributed by atoms with Crippen molar-refractivity contribution in [3.8, 4) is 0 Å². The lowest BCUT2D eigenvalue weighted by molar-refractivity contribution is 0.328. The van der Waals surface area contributed by atoms with Crippen LogP contribution in [-0.2, 0) is 0 Å². The van der Waals surface area contributed by atoms with E-state index in [2.05, 4.69) is 6.58 Å².